The van der Waals surface area contributed by atoms with E-state index < -0.39 is 0 Å². The van der Waals surface area contributed by atoms with Gasteiger partial charge in [0.05, 0.1) is 5.69 Å². The van der Waals surface area contributed by atoms with E-state index in [0.717, 1.165) is 32.4 Å². The van der Waals surface area contributed by atoms with Gasteiger partial charge < -0.3 is 0 Å². The van der Waals surface area contributed by atoms with Crippen molar-refractivity contribution in [2.24, 2.45) is 0 Å². The van der Waals surface area contributed by atoms with Crippen LogP contribution in [0.1, 0.15) is 0 Å². The van der Waals surface area contributed by atoms with Crippen LogP contribution in [-0.4, -0.2) is 4.98 Å². The number of benzene rings is 2. The van der Waals surface area contributed by atoms with Crippen molar-refractivity contribution in [2.75, 3.05) is 0 Å². The zero-order valence-corrected chi connectivity index (χ0v) is 12.1. The van der Waals surface area contributed by atoms with Gasteiger partial charge in [-0.3, -0.25) is 4.98 Å². The third kappa shape index (κ3) is 2.69. The summed E-state index contributed by atoms with van der Waals surface area (Å²) in [7, 11) is 0. The molecule has 3 aromatic rings. The Morgan fingerprint density at radius 3 is 1.80 bits per heavy atom. The van der Waals surface area contributed by atoms with Gasteiger partial charge in [0.2, 0.25) is 0 Å². The number of hydrogen-bond acceptors (Lipinski definition) is 1. The molecule has 0 fully saturated rings. The fraction of sp³-hybridized carbons (Fsp3) is 0. The van der Waals surface area contributed by atoms with Gasteiger partial charge in [-0.15, -0.1) is 0 Å². The molecule has 0 aliphatic rings. The second-order valence-electron chi connectivity index (χ2n) is 4.41. The van der Waals surface area contributed by atoms with Crippen LogP contribution in [0.25, 0.3) is 22.4 Å². The van der Waals surface area contributed by atoms with E-state index in [1.165, 1.54) is 0 Å². The third-order valence-electron chi connectivity index (χ3n) is 3.08. The molecule has 0 atom stereocenters. The lowest BCUT2D eigenvalue weighted by molar-refractivity contribution is 1.32. The molecule has 0 aliphatic heterocycles. The van der Waals surface area contributed by atoms with Crippen LogP contribution < -0.4 is 0 Å². The Kier molecular flexibility index (Phi) is 3.72. The van der Waals surface area contributed by atoms with Gasteiger partial charge in [-0.1, -0.05) is 53.5 Å². The highest BCUT2D eigenvalue weighted by Gasteiger charge is 2.08. The Hall–Kier alpha value is -1.83. The first kappa shape index (κ1) is 13.2. The summed E-state index contributed by atoms with van der Waals surface area (Å²) in [5, 5.41) is 1.45. The Labute approximate surface area is 127 Å². The van der Waals surface area contributed by atoms with Crippen molar-refractivity contribution in [2.45, 2.75) is 0 Å². The lowest BCUT2D eigenvalue weighted by atomic mass is 9.99. The molecule has 1 nitrogen and oxygen atoms in total. The van der Waals surface area contributed by atoms with E-state index in [4.69, 9.17) is 23.2 Å². The van der Waals surface area contributed by atoms with Crippen LogP contribution in [0, 0.1) is 0 Å². The maximum Gasteiger partial charge on any atom is 0.0780 e. The van der Waals surface area contributed by atoms with Crippen molar-refractivity contribution in [3.05, 3.63) is 76.9 Å². The molecule has 0 radical (unpaired) electrons. The van der Waals surface area contributed by atoms with Crippen LogP contribution in [0.4, 0.5) is 0 Å². The van der Waals surface area contributed by atoms with Gasteiger partial charge in [-0.2, -0.15) is 0 Å². The normalized spacial score (nSPS) is 10.5. The van der Waals surface area contributed by atoms with E-state index in [1.807, 2.05) is 54.6 Å². The lowest BCUT2D eigenvalue weighted by Crippen LogP contribution is -1.88. The summed E-state index contributed by atoms with van der Waals surface area (Å²) in [4.78, 5) is 4.50. The lowest BCUT2D eigenvalue weighted by Gasteiger charge is -2.09. The molecule has 0 N–H and O–H groups in total. The first-order valence-electron chi connectivity index (χ1n) is 6.21. The largest absolute Gasteiger partial charge is 0.256 e. The molecule has 3 heteroatoms. The number of halogens is 2. The van der Waals surface area contributed by atoms with E-state index in [9.17, 15) is 0 Å². The van der Waals surface area contributed by atoms with Crippen molar-refractivity contribution in [3.8, 4) is 22.4 Å². The van der Waals surface area contributed by atoms with E-state index in [-0.39, 0.29) is 0 Å². The monoisotopic (exact) mass is 299 g/mol. The Bertz CT molecular complexity index is 654. The van der Waals surface area contributed by atoms with Crippen LogP contribution in [0.2, 0.25) is 10.0 Å². The summed E-state index contributed by atoms with van der Waals surface area (Å²) in [5.74, 6) is 0. The van der Waals surface area contributed by atoms with Gasteiger partial charge in [0, 0.05) is 27.4 Å². The van der Waals surface area contributed by atoms with Crippen LogP contribution >= 0.6 is 23.2 Å². The van der Waals surface area contributed by atoms with Gasteiger partial charge in [0.15, 0.2) is 0 Å². The highest BCUT2D eigenvalue weighted by molar-refractivity contribution is 6.31. The van der Waals surface area contributed by atoms with Crippen molar-refractivity contribution in [3.63, 3.8) is 0 Å². The van der Waals surface area contributed by atoms with Crippen LogP contribution in [0.3, 0.4) is 0 Å². The minimum absolute atomic E-state index is 0.720. The number of nitrogens with zero attached hydrogens (tertiary/aromatic N) is 1. The van der Waals surface area contributed by atoms with Crippen LogP contribution in [0.15, 0.2) is 66.9 Å². The number of aromatic nitrogens is 1. The van der Waals surface area contributed by atoms with Crippen LogP contribution in [-0.2, 0) is 0 Å². The molecular formula is C17H11Cl2N. The topological polar surface area (TPSA) is 12.9 Å². The van der Waals surface area contributed by atoms with Crippen molar-refractivity contribution in [1.29, 1.82) is 0 Å². The fourth-order valence-corrected chi connectivity index (χ4v) is 2.36. The summed E-state index contributed by atoms with van der Waals surface area (Å²) < 4.78 is 0. The molecule has 98 valence electrons. The molecule has 0 bridgehead atoms. The molecule has 0 saturated carbocycles. The zero-order chi connectivity index (χ0) is 13.9. The summed E-state index contributed by atoms with van der Waals surface area (Å²) in [6.07, 6.45) is 1.79. The highest BCUT2D eigenvalue weighted by Crippen LogP contribution is 2.31. The van der Waals surface area contributed by atoms with E-state index in [2.05, 4.69) is 11.1 Å². The fourth-order valence-electron chi connectivity index (χ4n) is 2.11. The first-order chi connectivity index (χ1) is 9.74. The maximum atomic E-state index is 5.94. The van der Waals surface area contributed by atoms with E-state index in [0.29, 0.717) is 0 Å². The van der Waals surface area contributed by atoms with E-state index >= 15 is 0 Å². The predicted octanol–water partition coefficient (Wildman–Crippen LogP) is 5.72. The summed E-state index contributed by atoms with van der Waals surface area (Å²) in [5.41, 5.74) is 4.14. The Balaban J connectivity index is 2.13. The summed E-state index contributed by atoms with van der Waals surface area (Å²) >= 11 is 11.9. The number of pyridine rings is 1. The third-order valence-corrected chi connectivity index (χ3v) is 3.58. The average molecular weight is 300 g/mol. The molecule has 1 aromatic heterocycles. The predicted molar refractivity (Wildman–Crippen MR) is 85.1 cm³/mol. The van der Waals surface area contributed by atoms with E-state index in [1.54, 1.807) is 6.20 Å². The summed E-state index contributed by atoms with van der Waals surface area (Å²) in [6.45, 7) is 0. The zero-order valence-electron chi connectivity index (χ0n) is 10.6. The average Bonchev–Trinajstić information content (AvgIpc) is 2.49. The Morgan fingerprint density at radius 1 is 0.650 bits per heavy atom. The molecule has 0 aliphatic carbocycles. The Morgan fingerprint density at radius 2 is 1.20 bits per heavy atom. The van der Waals surface area contributed by atoms with Gasteiger partial charge >= 0.3 is 0 Å². The molecular weight excluding hydrogens is 289 g/mol. The van der Waals surface area contributed by atoms with Gasteiger partial charge in [0.25, 0.3) is 0 Å². The van der Waals surface area contributed by atoms with Gasteiger partial charge in [0.1, 0.15) is 0 Å². The quantitative estimate of drug-likeness (QED) is 0.589. The summed E-state index contributed by atoms with van der Waals surface area (Å²) in [6, 6.07) is 19.5. The minimum Gasteiger partial charge on any atom is -0.256 e. The smallest absolute Gasteiger partial charge is 0.0780 e. The van der Waals surface area contributed by atoms with Crippen molar-refractivity contribution < 1.29 is 0 Å². The van der Waals surface area contributed by atoms with Gasteiger partial charge in [-0.05, 0) is 35.9 Å². The first-order valence-corrected chi connectivity index (χ1v) is 6.96. The molecule has 0 amide bonds. The highest BCUT2D eigenvalue weighted by atomic mass is 35.5. The molecule has 0 saturated heterocycles. The van der Waals surface area contributed by atoms with Crippen molar-refractivity contribution in [1.82, 2.24) is 4.98 Å². The van der Waals surface area contributed by atoms with Crippen molar-refractivity contribution >= 4 is 23.2 Å². The second-order valence-corrected chi connectivity index (χ2v) is 5.29. The maximum absolute atomic E-state index is 5.94. The standard InChI is InChI=1S/C17H11Cl2N/c18-14-7-3-12(4-8-14)16-2-1-11-20-17(16)13-5-9-15(19)10-6-13/h1-11H. The number of rotatable bonds is 2. The molecule has 2 aromatic carbocycles. The molecule has 3 rings (SSSR count). The minimum atomic E-state index is 0.720. The molecule has 20 heavy (non-hydrogen) atoms. The molecule has 0 spiro atoms. The second kappa shape index (κ2) is 5.66. The molecule has 1 heterocycles. The molecule has 0 unspecified atom stereocenters. The van der Waals surface area contributed by atoms with Gasteiger partial charge in [-0.25, -0.2) is 0 Å². The SMILES string of the molecule is Clc1ccc(-c2cccnc2-c2ccc(Cl)cc2)cc1. The number of hydrogen-bond donors (Lipinski definition) is 0. The van der Waals surface area contributed by atoms with Crippen LogP contribution in [0.5, 0.6) is 0 Å².